The molecule has 0 spiro atoms. The predicted molar refractivity (Wildman–Crippen MR) is 351 cm³/mol. The van der Waals surface area contributed by atoms with Crippen LogP contribution >= 0.6 is 8.69 Å². The molecule has 7 aromatic carbocycles. The van der Waals surface area contributed by atoms with Gasteiger partial charge >= 0.3 is 91.7 Å². The molecule has 7 aromatic rings. The number of benzene rings is 7. The van der Waals surface area contributed by atoms with E-state index in [-0.39, 0.29) is 175 Å². The molecule has 4 amide bonds. The fourth-order valence-corrected chi connectivity index (χ4v) is 8.89. The third-order valence-corrected chi connectivity index (χ3v) is 13.9. The summed E-state index contributed by atoms with van der Waals surface area (Å²) in [7, 11) is 3.89. The van der Waals surface area contributed by atoms with Crippen LogP contribution in [-0.2, 0) is 62.5 Å². The van der Waals surface area contributed by atoms with E-state index in [4.69, 9.17) is 61.8 Å². The standard InChI is InChI=1S/2C19H17NO5.C18H14N2O7.C11H8NO6P.2Na.O2.H/c2*1-11-4-6-13(7-5-11)10-24-14-8-15(19(22)23-3)17-16(9-14)25-12(2)18(21)20-17;1-10-17(21)19-16-14(18(22)25-2)7-13(8-15(16)27-10)26-9-11-3-5-12(6-4-11)20(23)24;1-5-10(13)12-9-7(11(14)16-2)3-6(18-19-15)4-8(9)17-5;;;1-2;/h2*4-9H,2,10H2,1,3H3,(H,20,21);3-8H,1,9H2,2H3,(H,19,21);3-4,19H,1H2,2H3;;;;/q;;;;2*+1;;-1/p+1. The van der Waals surface area contributed by atoms with Crippen LogP contribution in [0.5, 0.6) is 46.0 Å². The Morgan fingerprint density at radius 1 is 0.440 bits per heavy atom. The first kappa shape index (κ1) is 79.4. The van der Waals surface area contributed by atoms with Crippen LogP contribution in [-0.4, -0.2) is 80.9 Å². The smallest absolute Gasteiger partial charge is 1.00 e. The zero-order valence-electron chi connectivity index (χ0n) is 55.7. The van der Waals surface area contributed by atoms with Crippen LogP contribution in [0.25, 0.3) is 0 Å². The van der Waals surface area contributed by atoms with Gasteiger partial charge in [-0.25, -0.2) is 19.2 Å². The van der Waals surface area contributed by atoms with E-state index in [1.807, 2.05) is 62.4 Å². The van der Waals surface area contributed by atoms with Gasteiger partial charge in [0.25, 0.3) is 29.3 Å². The van der Waals surface area contributed by atoms with Gasteiger partial charge in [0.15, 0.2) is 51.8 Å². The fourth-order valence-electron chi connectivity index (χ4n) is 8.67. The van der Waals surface area contributed by atoms with Crippen LogP contribution in [0.2, 0.25) is 0 Å². The average molecular weight is 1410 g/mol. The number of hydrogen-bond donors (Lipinski definition) is 4. The van der Waals surface area contributed by atoms with E-state index in [1.54, 1.807) is 24.3 Å². The summed E-state index contributed by atoms with van der Waals surface area (Å²) in [6.07, 6.45) is 0. The monoisotopic (exact) mass is 1410 g/mol. The van der Waals surface area contributed by atoms with Gasteiger partial charge in [-0.2, -0.15) is 0 Å². The zero-order chi connectivity index (χ0) is 71.5. The summed E-state index contributed by atoms with van der Waals surface area (Å²) in [5, 5.41) is 20.8. The molecule has 4 heterocycles. The fraction of sp³-hybridized carbons (Fsp3) is 0.134. The number of non-ortho nitro benzene ring substituents is 1. The number of nitrogens with one attached hydrogen (secondary N) is 4. The van der Waals surface area contributed by atoms with E-state index < -0.39 is 61.1 Å². The Morgan fingerprint density at radius 2 is 0.680 bits per heavy atom. The Kier molecular flexibility index (Phi) is 29.3. The number of nitrogens with zero attached hydrogens (tertiary/aromatic N) is 1. The molecule has 0 aliphatic carbocycles. The van der Waals surface area contributed by atoms with Gasteiger partial charge in [0, 0.05) is 52.4 Å². The molecular weight excluding hydrogens is 1350 g/mol. The zero-order valence-corrected chi connectivity index (χ0v) is 59.7. The quantitative estimate of drug-likeness (QED) is 0.0187. The Morgan fingerprint density at radius 3 is 0.920 bits per heavy atom. The summed E-state index contributed by atoms with van der Waals surface area (Å²) < 4.78 is 72.7. The predicted octanol–water partition coefficient (Wildman–Crippen LogP) is 5.04. The van der Waals surface area contributed by atoms with Crippen LogP contribution in [0.1, 0.15) is 70.7 Å². The van der Waals surface area contributed by atoms with Gasteiger partial charge in [0.2, 0.25) is 0 Å². The van der Waals surface area contributed by atoms with Crippen molar-refractivity contribution in [2.24, 2.45) is 0 Å². The van der Waals surface area contributed by atoms with Crippen LogP contribution in [0, 0.1) is 33.9 Å². The first-order valence-corrected chi connectivity index (χ1v) is 28.9. The van der Waals surface area contributed by atoms with Crippen molar-refractivity contribution >= 4 is 84.6 Å². The number of methoxy groups -OCH3 is 4. The minimum Gasteiger partial charge on any atom is -1.00 e. The Bertz CT molecular complexity index is 4260. The number of carbonyl (C=O) groups excluding carboxylic acids is 8. The van der Waals surface area contributed by atoms with Crippen molar-refractivity contribution in [2.45, 2.75) is 33.7 Å². The van der Waals surface area contributed by atoms with Gasteiger partial charge in [-0.15, -0.1) is 0 Å². The minimum atomic E-state index is -1.04. The number of rotatable bonds is 16. The van der Waals surface area contributed by atoms with Crippen molar-refractivity contribution < 1.29 is 165 Å². The van der Waals surface area contributed by atoms with Gasteiger partial charge in [0.05, 0.1) is 78.4 Å². The van der Waals surface area contributed by atoms with Crippen LogP contribution in [0.4, 0.5) is 28.4 Å². The van der Waals surface area contributed by atoms with Crippen LogP contribution in [0.3, 0.4) is 0 Å². The number of ether oxygens (including phenoxy) is 11. The molecule has 4 aliphatic rings. The molecule has 506 valence electrons. The number of nitro groups is 1. The number of anilines is 4. The molecule has 4 N–H and O–H groups in total. The first-order chi connectivity index (χ1) is 46.9. The van der Waals surface area contributed by atoms with Crippen LogP contribution in [0.15, 0.2) is 171 Å². The second-order valence-corrected chi connectivity index (χ2v) is 20.6. The topological polar surface area (TPSA) is 390 Å². The summed E-state index contributed by atoms with van der Waals surface area (Å²) in [6, 6.07) is 33.5. The molecule has 100 heavy (non-hydrogen) atoms. The van der Waals surface area contributed by atoms with E-state index in [1.165, 1.54) is 77.0 Å². The second-order valence-electron chi connectivity index (χ2n) is 20.2. The SMILES string of the molecule is C=C1Oc2cc(OCc3ccc(C)cc3)cc(C(=O)OC)c2NC1=O.C=C1Oc2cc(OCc3ccc(C)cc3)cc(C(=O)OC)c2NC1=O.C=C1Oc2cc(OCc3ccc([N+](=O)[O-])cc3)cc(C(=O)OC)c2NC1=O.C=C1Oc2cc(O[PH+]=O)cc(C(=O)OC)c2NC1=O.O=O.[H-].[Na+].[Na+]. The largest absolute Gasteiger partial charge is 1.00 e. The number of amides is 4. The van der Waals surface area contributed by atoms with Crippen molar-refractivity contribution in [3.8, 4) is 46.0 Å². The molecule has 1 atom stereocenters. The molecule has 4 aliphatic heterocycles. The third-order valence-electron chi connectivity index (χ3n) is 13.6. The maximum Gasteiger partial charge on any atom is 1.00 e. The second kappa shape index (κ2) is 36.9. The summed E-state index contributed by atoms with van der Waals surface area (Å²) >= 11 is 0. The van der Waals surface area contributed by atoms with Crippen molar-refractivity contribution in [2.75, 3.05) is 49.7 Å². The van der Waals surface area contributed by atoms with Gasteiger partial charge in [-0.05, 0) is 65.4 Å². The maximum absolute atomic E-state index is 12.0. The number of nitro benzene ring substituents is 1. The molecule has 11 rings (SSSR count). The molecule has 30 nitrogen and oxygen atoms in total. The molecule has 0 saturated heterocycles. The minimum absolute atomic E-state index is 0. The number of esters is 4. The van der Waals surface area contributed by atoms with Gasteiger partial charge in [0.1, 0.15) is 37.1 Å². The van der Waals surface area contributed by atoms with E-state index in [2.05, 4.69) is 52.3 Å². The molecule has 0 bridgehead atoms. The summed E-state index contributed by atoms with van der Waals surface area (Å²) in [5.74, 6) is -2.85. The van der Waals surface area contributed by atoms with Gasteiger partial charge in [-0.3, -0.25) is 33.8 Å². The van der Waals surface area contributed by atoms with E-state index in [9.17, 15) is 53.0 Å². The van der Waals surface area contributed by atoms with Crippen molar-refractivity contribution in [3.05, 3.63) is 241 Å². The average Bonchev–Trinajstić information content (AvgIpc) is 0.809. The normalized spacial score (nSPS) is 12.3. The molecule has 0 fully saturated rings. The molecule has 0 saturated carbocycles. The van der Waals surface area contributed by atoms with E-state index in [0.29, 0.717) is 30.3 Å². The van der Waals surface area contributed by atoms with E-state index >= 15 is 0 Å². The molecule has 33 heteroatoms. The van der Waals surface area contributed by atoms with E-state index in [0.717, 1.165) is 22.3 Å². The van der Waals surface area contributed by atoms with Crippen LogP contribution < -0.4 is 118 Å². The molecular formula is C67H58N5Na2O25P+2. The van der Waals surface area contributed by atoms with Gasteiger partial charge < -0.3 is 74.8 Å². The van der Waals surface area contributed by atoms with Crippen molar-refractivity contribution in [3.63, 3.8) is 0 Å². The Labute approximate surface area is 615 Å². The summed E-state index contributed by atoms with van der Waals surface area (Å²) in [6.45, 7) is 18.7. The summed E-state index contributed by atoms with van der Waals surface area (Å²) in [5.41, 5.74) is 6.18. The molecule has 0 radical (unpaired) electrons. The number of fused-ring (bicyclic) bond motifs is 4. The third kappa shape index (κ3) is 20.4. The number of hydrogen-bond acceptors (Lipinski definition) is 25. The Balaban J connectivity index is 0.000000282. The van der Waals surface area contributed by atoms with Crippen molar-refractivity contribution in [1.82, 2.24) is 0 Å². The molecule has 1 unspecified atom stereocenters. The summed E-state index contributed by atoms with van der Waals surface area (Å²) in [4.78, 5) is 119. The van der Waals surface area contributed by atoms with Crippen molar-refractivity contribution in [1.29, 1.82) is 0 Å². The number of aryl methyl sites for hydroxylation is 2. The first-order valence-electron chi connectivity index (χ1n) is 28.1. The van der Waals surface area contributed by atoms with Gasteiger partial charge in [-0.1, -0.05) is 86.0 Å². The maximum atomic E-state index is 12.0. The molecule has 0 aromatic heterocycles. The number of carbonyl (C=O) groups is 8. The Hall–Kier alpha value is -11.2.